The average molecular weight is 279 g/mol. The molecule has 0 aromatic carbocycles. The molecule has 0 bridgehead atoms. The van der Waals surface area contributed by atoms with Gasteiger partial charge in [-0.2, -0.15) is 5.21 Å². The molecule has 9 nitrogen and oxygen atoms in total. The van der Waals surface area contributed by atoms with Crippen LogP contribution < -0.4 is 10.9 Å². The maximum Gasteiger partial charge on any atom is 0.267 e. The second kappa shape index (κ2) is 4.80. The molecule has 0 radical (unpaired) electrons. The number of tetrazole rings is 1. The van der Waals surface area contributed by atoms with Gasteiger partial charge in [-0.3, -0.25) is 14.2 Å². The summed E-state index contributed by atoms with van der Waals surface area (Å²) in [5, 5.41) is 16.2. The predicted octanol–water partition coefficient (Wildman–Crippen LogP) is -1.21. The molecule has 3 heterocycles. The van der Waals surface area contributed by atoms with E-state index in [4.69, 9.17) is 0 Å². The zero-order valence-electron chi connectivity index (χ0n) is 9.66. The van der Waals surface area contributed by atoms with Gasteiger partial charge in [0.1, 0.15) is 5.56 Å². The van der Waals surface area contributed by atoms with E-state index in [0.29, 0.717) is 17.5 Å². The maximum atomic E-state index is 12.1. The van der Waals surface area contributed by atoms with Crippen molar-refractivity contribution in [3.8, 4) is 0 Å². The normalized spacial score (nSPS) is 13.3. The Morgan fingerprint density at radius 2 is 2.47 bits per heavy atom. The number of hydrogen-bond acceptors (Lipinski definition) is 7. The number of fused-ring (bicyclic) bond motifs is 1. The Labute approximate surface area is 110 Å². The van der Waals surface area contributed by atoms with E-state index in [9.17, 15) is 9.59 Å². The number of nitrogens with one attached hydrogen (secondary N) is 2. The first-order chi connectivity index (χ1) is 9.25. The number of carbonyl (C=O) groups is 1. The van der Waals surface area contributed by atoms with E-state index < -0.39 is 5.91 Å². The largest absolute Gasteiger partial charge is 0.344 e. The molecule has 1 amide bonds. The smallest absolute Gasteiger partial charge is 0.267 e. The molecule has 2 aromatic rings. The van der Waals surface area contributed by atoms with Crippen LogP contribution in [0.2, 0.25) is 0 Å². The number of amides is 1. The second-order valence-electron chi connectivity index (χ2n) is 3.77. The fraction of sp³-hybridized carbons (Fsp3) is 0.333. The minimum atomic E-state index is -0.491. The summed E-state index contributed by atoms with van der Waals surface area (Å²) in [5.41, 5.74) is -0.296. The fourth-order valence-electron chi connectivity index (χ4n) is 1.69. The lowest BCUT2D eigenvalue weighted by molar-refractivity contribution is 0.0947. The Hall–Kier alpha value is -2.23. The summed E-state index contributed by atoms with van der Waals surface area (Å²) in [4.78, 5) is 28.1. The molecule has 19 heavy (non-hydrogen) atoms. The monoisotopic (exact) mass is 279 g/mol. The van der Waals surface area contributed by atoms with E-state index in [1.54, 1.807) is 0 Å². The number of H-pyrrole nitrogens is 1. The van der Waals surface area contributed by atoms with Gasteiger partial charge < -0.3 is 5.32 Å². The van der Waals surface area contributed by atoms with E-state index in [1.165, 1.54) is 22.5 Å². The average Bonchev–Trinajstić information content (AvgIpc) is 3.07. The molecular formula is C9H9N7O2S. The zero-order valence-corrected chi connectivity index (χ0v) is 10.5. The highest BCUT2D eigenvalue weighted by molar-refractivity contribution is 7.99. The van der Waals surface area contributed by atoms with Gasteiger partial charge in [-0.05, 0) is 0 Å². The summed E-state index contributed by atoms with van der Waals surface area (Å²) >= 11 is 1.50. The molecule has 2 aromatic heterocycles. The minimum Gasteiger partial charge on any atom is -0.344 e. The van der Waals surface area contributed by atoms with E-state index in [0.717, 1.165) is 5.75 Å². The first-order valence-corrected chi connectivity index (χ1v) is 6.47. The van der Waals surface area contributed by atoms with Crippen molar-refractivity contribution in [3.63, 3.8) is 0 Å². The Balaban J connectivity index is 1.79. The molecule has 0 saturated carbocycles. The third kappa shape index (κ3) is 2.21. The van der Waals surface area contributed by atoms with Gasteiger partial charge in [-0.15, -0.1) is 10.2 Å². The number of thioether (sulfide) groups is 1. The molecule has 98 valence electrons. The summed E-state index contributed by atoms with van der Waals surface area (Å²) in [6.07, 6.45) is 1.30. The molecule has 3 rings (SSSR count). The van der Waals surface area contributed by atoms with Crippen molar-refractivity contribution >= 4 is 17.7 Å². The SMILES string of the molecule is O=C(NCc1nn[nH]n1)c1cnc2n(c1=O)CCS2. The van der Waals surface area contributed by atoms with Gasteiger partial charge >= 0.3 is 0 Å². The molecule has 0 atom stereocenters. The van der Waals surface area contributed by atoms with Gasteiger partial charge in [0.05, 0.1) is 6.54 Å². The molecule has 0 saturated heterocycles. The molecule has 1 aliphatic rings. The third-order valence-corrected chi connectivity index (χ3v) is 3.57. The number of nitrogens with zero attached hydrogens (tertiary/aromatic N) is 5. The predicted molar refractivity (Wildman–Crippen MR) is 64.6 cm³/mol. The van der Waals surface area contributed by atoms with Crippen LogP contribution in [0.1, 0.15) is 16.2 Å². The lowest BCUT2D eigenvalue weighted by Gasteiger charge is -2.05. The second-order valence-corrected chi connectivity index (χ2v) is 4.83. The van der Waals surface area contributed by atoms with Crippen molar-refractivity contribution in [2.24, 2.45) is 0 Å². The molecule has 2 N–H and O–H groups in total. The highest BCUT2D eigenvalue weighted by Crippen LogP contribution is 2.20. The van der Waals surface area contributed by atoms with Gasteiger partial charge in [-0.25, -0.2) is 4.98 Å². The minimum absolute atomic E-state index is 0.0229. The standard InChI is InChI=1S/C9H9N7O2S/c17-7(10-4-6-12-14-15-13-6)5-3-11-9-16(8(5)18)1-2-19-9/h3H,1-2,4H2,(H,10,17)(H,12,13,14,15). The molecular weight excluding hydrogens is 270 g/mol. The number of carbonyl (C=O) groups excluding carboxylic acids is 1. The lowest BCUT2D eigenvalue weighted by atomic mass is 10.3. The summed E-state index contributed by atoms with van der Waals surface area (Å²) in [6, 6.07) is 0. The number of rotatable bonds is 3. The Kier molecular flexibility index (Phi) is 2.99. The van der Waals surface area contributed by atoms with E-state index in [-0.39, 0.29) is 17.7 Å². The Morgan fingerprint density at radius 1 is 1.58 bits per heavy atom. The van der Waals surface area contributed by atoms with Crippen LogP contribution in [0.5, 0.6) is 0 Å². The molecule has 0 aliphatic carbocycles. The third-order valence-electron chi connectivity index (χ3n) is 2.60. The van der Waals surface area contributed by atoms with Crippen LogP contribution in [0.15, 0.2) is 16.1 Å². The molecule has 0 spiro atoms. The molecule has 1 aliphatic heterocycles. The quantitative estimate of drug-likeness (QED) is 0.677. The maximum absolute atomic E-state index is 12.1. The summed E-state index contributed by atoms with van der Waals surface area (Å²) in [7, 11) is 0. The number of aromatic nitrogens is 6. The van der Waals surface area contributed by atoms with Crippen molar-refractivity contribution in [2.45, 2.75) is 18.2 Å². The number of hydrogen-bond donors (Lipinski definition) is 2. The van der Waals surface area contributed by atoms with Crippen LogP contribution in [-0.2, 0) is 13.1 Å². The van der Waals surface area contributed by atoms with Gasteiger partial charge in [0.25, 0.3) is 11.5 Å². The molecule has 0 fully saturated rings. The van der Waals surface area contributed by atoms with Crippen molar-refractivity contribution < 1.29 is 4.79 Å². The van der Waals surface area contributed by atoms with Crippen LogP contribution in [0.3, 0.4) is 0 Å². The van der Waals surface area contributed by atoms with Crippen LogP contribution in [0.4, 0.5) is 0 Å². The van der Waals surface area contributed by atoms with Gasteiger partial charge in [0.2, 0.25) is 0 Å². The van der Waals surface area contributed by atoms with Crippen molar-refractivity contribution in [2.75, 3.05) is 5.75 Å². The van der Waals surface area contributed by atoms with Gasteiger partial charge in [0.15, 0.2) is 11.0 Å². The highest BCUT2D eigenvalue weighted by atomic mass is 32.2. The first kappa shape index (κ1) is 11.8. The van der Waals surface area contributed by atoms with Crippen molar-refractivity contribution in [1.29, 1.82) is 0 Å². The Bertz CT molecular complexity index is 666. The van der Waals surface area contributed by atoms with E-state index >= 15 is 0 Å². The molecule has 10 heteroatoms. The summed E-state index contributed by atoms with van der Waals surface area (Å²) < 4.78 is 1.51. The van der Waals surface area contributed by atoms with E-state index in [2.05, 4.69) is 30.9 Å². The topological polar surface area (TPSA) is 118 Å². The van der Waals surface area contributed by atoms with Gasteiger partial charge in [-0.1, -0.05) is 17.0 Å². The van der Waals surface area contributed by atoms with Crippen LogP contribution >= 0.6 is 11.8 Å². The van der Waals surface area contributed by atoms with Crippen molar-refractivity contribution in [3.05, 3.63) is 27.9 Å². The summed E-state index contributed by atoms with van der Waals surface area (Å²) in [5.74, 6) is 0.656. The van der Waals surface area contributed by atoms with Crippen LogP contribution in [-0.4, -0.2) is 41.8 Å². The molecule has 0 unspecified atom stereocenters. The van der Waals surface area contributed by atoms with E-state index in [1.807, 2.05) is 0 Å². The Morgan fingerprint density at radius 3 is 3.26 bits per heavy atom. The van der Waals surface area contributed by atoms with Crippen molar-refractivity contribution in [1.82, 2.24) is 35.5 Å². The summed E-state index contributed by atoms with van der Waals surface area (Å²) in [6.45, 7) is 0.684. The van der Waals surface area contributed by atoms with Crippen LogP contribution in [0.25, 0.3) is 0 Å². The first-order valence-electron chi connectivity index (χ1n) is 5.49. The zero-order chi connectivity index (χ0) is 13.2. The highest BCUT2D eigenvalue weighted by Gasteiger charge is 2.19. The lowest BCUT2D eigenvalue weighted by Crippen LogP contribution is -2.33. The van der Waals surface area contributed by atoms with Crippen LogP contribution in [0, 0.1) is 0 Å². The van der Waals surface area contributed by atoms with Gasteiger partial charge in [0, 0.05) is 18.5 Å². The fourth-order valence-corrected chi connectivity index (χ4v) is 2.60. The number of aromatic amines is 1.